The highest BCUT2D eigenvalue weighted by atomic mass is 16.4. The van der Waals surface area contributed by atoms with Crippen molar-refractivity contribution in [2.75, 3.05) is 0 Å². The van der Waals surface area contributed by atoms with Crippen molar-refractivity contribution in [3.63, 3.8) is 0 Å². The van der Waals surface area contributed by atoms with Crippen LogP contribution in [0.2, 0.25) is 0 Å². The molecule has 67 heavy (non-hydrogen) atoms. The maximum absolute atomic E-state index is 12.0. The van der Waals surface area contributed by atoms with Gasteiger partial charge in [-0.05, 0) is 39.2 Å². The van der Waals surface area contributed by atoms with Crippen LogP contribution in [0.25, 0.3) is 110 Å². The second kappa shape index (κ2) is 13.7. The Hall–Kier alpha value is -9.64. The van der Waals surface area contributed by atoms with Gasteiger partial charge in [-0.1, -0.05) is 84.9 Å². The molecule has 9 aromatic carbocycles. The standard InChI is InChI=1S/C50H29BO16/c51-33-26-25(30-37(55)38(56)31-32-39(57)45(63)46(64)47(65)50(32)67-49(31)40(30)58)29-28(35(53)43(61)44(62)36(29)54)24(27(26)34(52)42(60)41(33)59)17-14-12-16(13-15-17)18-6-1-2-7-19(18)21-9-5-10-22-20-8-3-4-11-23(20)66-48(21)22/h1-15,52-65H. The van der Waals surface area contributed by atoms with Crippen LogP contribution < -0.4 is 5.46 Å². The van der Waals surface area contributed by atoms with Gasteiger partial charge in [0, 0.05) is 43.6 Å². The predicted molar refractivity (Wildman–Crippen MR) is 246 cm³/mol. The fourth-order valence-electron chi connectivity index (χ4n) is 9.32. The Bertz CT molecular complexity index is 3960. The molecular weight excluding hydrogens is 867 g/mol. The van der Waals surface area contributed by atoms with Crippen molar-refractivity contribution in [2.45, 2.75) is 0 Å². The Morgan fingerprint density at radius 2 is 0.746 bits per heavy atom. The van der Waals surface area contributed by atoms with Crippen LogP contribution in [0, 0.1) is 0 Å². The fraction of sp³-hybridized carbons (Fsp3) is 0. The number of benzene rings is 9. The first-order chi connectivity index (χ1) is 32.0. The summed E-state index contributed by atoms with van der Waals surface area (Å²) in [6, 6.07) is 27.3. The van der Waals surface area contributed by atoms with Crippen molar-refractivity contribution < 1.29 is 80.3 Å². The minimum absolute atomic E-state index is 0.0799. The molecule has 328 valence electrons. The molecule has 0 unspecified atom stereocenters. The van der Waals surface area contributed by atoms with Crippen molar-refractivity contribution in [1.82, 2.24) is 0 Å². The molecule has 11 rings (SSSR count). The molecule has 0 saturated heterocycles. The van der Waals surface area contributed by atoms with Gasteiger partial charge in [-0.15, -0.1) is 0 Å². The molecule has 0 atom stereocenters. The van der Waals surface area contributed by atoms with E-state index < -0.39 is 141 Å². The van der Waals surface area contributed by atoms with Crippen molar-refractivity contribution in [3.8, 4) is 125 Å². The molecule has 0 saturated carbocycles. The van der Waals surface area contributed by atoms with Crippen LogP contribution in [0.4, 0.5) is 0 Å². The van der Waals surface area contributed by atoms with E-state index in [4.69, 9.17) is 16.7 Å². The summed E-state index contributed by atoms with van der Waals surface area (Å²) in [6.45, 7) is 0. The van der Waals surface area contributed by atoms with Gasteiger partial charge in [-0.3, -0.25) is 0 Å². The molecule has 0 fully saturated rings. The Balaban J connectivity index is 1.23. The van der Waals surface area contributed by atoms with Crippen molar-refractivity contribution >= 4 is 78.7 Å². The van der Waals surface area contributed by atoms with Gasteiger partial charge in [0.05, 0.1) is 16.3 Å². The molecule has 16 nitrogen and oxygen atoms in total. The molecule has 0 aliphatic rings. The number of para-hydroxylation sites is 2. The Morgan fingerprint density at radius 3 is 1.40 bits per heavy atom. The van der Waals surface area contributed by atoms with Crippen molar-refractivity contribution in [1.29, 1.82) is 0 Å². The average Bonchev–Trinajstić information content (AvgIpc) is 3.94. The lowest BCUT2D eigenvalue weighted by Crippen LogP contribution is -2.09. The highest BCUT2D eigenvalue weighted by Gasteiger charge is 2.36. The molecule has 14 N–H and O–H groups in total. The van der Waals surface area contributed by atoms with Crippen LogP contribution in [-0.2, 0) is 0 Å². The molecular formula is C50H29BO16. The van der Waals surface area contributed by atoms with E-state index >= 15 is 0 Å². The topological polar surface area (TPSA) is 310 Å². The second-order valence-corrected chi connectivity index (χ2v) is 15.8. The number of phenols is 14. The smallest absolute Gasteiger partial charge is 0.208 e. The van der Waals surface area contributed by atoms with E-state index in [1.807, 2.05) is 66.7 Å². The summed E-state index contributed by atoms with van der Waals surface area (Å²) < 4.78 is 11.9. The maximum atomic E-state index is 12.0. The van der Waals surface area contributed by atoms with Gasteiger partial charge in [0.2, 0.25) is 28.7 Å². The van der Waals surface area contributed by atoms with Crippen LogP contribution in [0.15, 0.2) is 99.8 Å². The largest absolute Gasteiger partial charge is 0.505 e. The molecule has 2 radical (unpaired) electrons. The van der Waals surface area contributed by atoms with Gasteiger partial charge >= 0.3 is 0 Å². The van der Waals surface area contributed by atoms with E-state index in [1.165, 1.54) is 12.1 Å². The minimum Gasteiger partial charge on any atom is -0.505 e. The van der Waals surface area contributed by atoms with Gasteiger partial charge in [0.25, 0.3) is 0 Å². The first-order valence-electron chi connectivity index (χ1n) is 20.0. The normalized spacial score (nSPS) is 11.9. The summed E-state index contributed by atoms with van der Waals surface area (Å²) in [6.07, 6.45) is 0. The first-order valence-corrected chi connectivity index (χ1v) is 20.0. The summed E-state index contributed by atoms with van der Waals surface area (Å²) in [5.41, 5.74) is -0.135. The molecule has 0 aliphatic heterocycles. The zero-order valence-corrected chi connectivity index (χ0v) is 33.8. The summed E-state index contributed by atoms with van der Waals surface area (Å²) in [5.74, 6) is -17.1. The first kappa shape index (κ1) is 40.2. The predicted octanol–water partition coefficient (Wildman–Crippen LogP) is 9.13. The lowest BCUT2D eigenvalue weighted by molar-refractivity contribution is 0.348. The van der Waals surface area contributed by atoms with Crippen LogP contribution >= 0.6 is 0 Å². The van der Waals surface area contributed by atoms with Gasteiger partial charge in [0.1, 0.15) is 19.0 Å². The van der Waals surface area contributed by atoms with E-state index in [0.29, 0.717) is 16.7 Å². The molecule has 17 heteroatoms. The van der Waals surface area contributed by atoms with Crippen LogP contribution in [-0.4, -0.2) is 79.3 Å². The summed E-state index contributed by atoms with van der Waals surface area (Å²) >= 11 is 0. The second-order valence-electron chi connectivity index (χ2n) is 15.8. The molecule has 0 amide bonds. The summed E-state index contributed by atoms with van der Waals surface area (Å²) in [7, 11) is 6.49. The number of rotatable bonds is 4. The molecule has 0 bridgehead atoms. The molecule has 0 spiro atoms. The molecule has 2 heterocycles. The third kappa shape index (κ3) is 5.12. The third-order valence-corrected chi connectivity index (χ3v) is 12.4. The zero-order valence-electron chi connectivity index (χ0n) is 33.8. The van der Waals surface area contributed by atoms with Crippen LogP contribution in [0.5, 0.6) is 80.5 Å². The third-order valence-electron chi connectivity index (χ3n) is 12.4. The van der Waals surface area contributed by atoms with E-state index in [-0.39, 0.29) is 11.1 Å². The Kier molecular flexibility index (Phi) is 8.20. The van der Waals surface area contributed by atoms with Crippen LogP contribution in [0.3, 0.4) is 0 Å². The lowest BCUT2D eigenvalue weighted by Gasteiger charge is -2.24. The lowest BCUT2D eigenvalue weighted by atomic mass is 9.77. The highest BCUT2D eigenvalue weighted by Crippen LogP contribution is 2.64. The average molecular weight is 897 g/mol. The molecule has 0 aliphatic carbocycles. The Labute approximate surface area is 374 Å². The molecule has 2 aromatic heterocycles. The van der Waals surface area contributed by atoms with Crippen molar-refractivity contribution in [3.05, 3.63) is 91.0 Å². The van der Waals surface area contributed by atoms with Gasteiger partial charge < -0.3 is 80.3 Å². The van der Waals surface area contributed by atoms with Gasteiger partial charge in [0.15, 0.2) is 62.9 Å². The number of phenolic OH excluding ortho intramolecular Hbond substituents is 14. The van der Waals surface area contributed by atoms with Crippen LogP contribution in [0.1, 0.15) is 0 Å². The number of fused-ring (bicyclic) bond motifs is 8. The highest BCUT2D eigenvalue weighted by molar-refractivity contribution is 6.46. The quantitative estimate of drug-likeness (QED) is 0.0339. The maximum Gasteiger partial charge on any atom is 0.208 e. The number of furan rings is 2. The SMILES string of the molecule is [B]c1c(O)c(O)c(O)c2c(-c3ccc(-c4ccccc4-c4cccc5c4oc4ccccc45)cc3)c3c(O)c(O)c(O)c(O)c3c(-c3c(O)c(O)c4c(oc5c(O)c(O)c(O)c(O)c54)c3O)c12. The van der Waals surface area contributed by atoms with E-state index in [0.717, 1.165) is 27.5 Å². The number of hydrogen-bond donors (Lipinski definition) is 14. The van der Waals surface area contributed by atoms with E-state index in [9.17, 15) is 71.5 Å². The number of hydrogen-bond acceptors (Lipinski definition) is 16. The fourth-order valence-corrected chi connectivity index (χ4v) is 9.32. The van der Waals surface area contributed by atoms with Gasteiger partial charge in [-0.25, -0.2) is 0 Å². The van der Waals surface area contributed by atoms with E-state index in [2.05, 4.69) is 0 Å². The van der Waals surface area contributed by atoms with Gasteiger partial charge in [-0.2, -0.15) is 0 Å². The van der Waals surface area contributed by atoms with E-state index in [1.54, 1.807) is 12.1 Å². The zero-order chi connectivity index (χ0) is 47.2. The minimum atomic E-state index is -1.34. The monoisotopic (exact) mass is 896 g/mol. The molecule has 11 aromatic rings. The van der Waals surface area contributed by atoms with Crippen molar-refractivity contribution in [2.24, 2.45) is 0 Å². The number of aromatic hydroxyl groups is 14. The Morgan fingerprint density at radius 1 is 0.284 bits per heavy atom. The summed E-state index contributed by atoms with van der Waals surface area (Å²) in [5, 5.41) is 155. The summed E-state index contributed by atoms with van der Waals surface area (Å²) in [4.78, 5) is 0.